The molecule has 7 nitrogen and oxygen atoms in total. The molecular weight excluding hydrogens is 484 g/mol. The number of ether oxygens (including phenoxy) is 2. The normalized spacial score (nSPS) is 22.1. The third kappa shape index (κ3) is 9.76. The van der Waals surface area contributed by atoms with E-state index in [-0.39, 0.29) is 35.8 Å². The number of aliphatic hydroxyl groups excluding tert-OH is 2. The predicted octanol–water partition coefficient (Wildman–Crippen LogP) is 5.64. The fourth-order valence-electron chi connectivity index (χ4n) is 5.18. The average Bonchev–Trinajstić information content (AvgIpc) is 3.51. The predicted molar refractivity (Wildman–Crippen MR) is 144 cm³/mol. The quantitative estimate of drug-likeness (QED) is 0.176. The number of carbonyl (C=O) groups is 2. The van der Waals surface area contributed by atoms with E-state index in [0.29, 0.717) is 44.9 Å². The first-order valence-electron chi connectivity index (χ1n) is 13.8. The molecule has 0 bridgehead atoms. The van der Waals surface area contributed by atoms with Crippen LogP contribution in [-0.4, -0.2) is 46.6 Å². The van der Waals surface area contributed by atoms with Gasteiger partial charge in [0, 0.05) is 6.42 Å². The van der Waals surface area contributed by atoms with Crippen LogP contribution in [0.1, 0.15) is 81.3 Å². The molecule has 0 radical (unpaired) electrons. The second-order valence-electron chi connectivity index (χ2n) is 10.4. The van der Waals surface area contributed by atoms with Crippen LogP contribution in [0.5, 0.6) is 0 Å². The number of rotatable bonds is 15. The van der Waals surface area contributed by atoms with Crippen LogP contribution in [0, 0.1) is 11.8 Å². The maximum Gasteiger partial charge on any atom is 0.374 e. The zero-order valence-electron chi connectivity index (χ0n) is 22.5. The van der Waals surface area contributed by atoms with Gasteiger partial charge in [0.15, 0.2) is 0 Å². The Morgan fingerprint density at radius 2 is 1.76 bits per heavy atom. The minimum Gasteiger partial charge on any atom is -0.463 e. The smallest absolute Gasteiger partial charge is 0.374 e. The van der Waals surface area contributed by atoms with Crippen molar-refractivity contribution in [3.8, 4) is 0 Å². The molecule has 208 valence electrons. The Morgan fingerprint density at radius 1 is 1.00 bits per heavy atom. The third-order valence-electron chi connectivity index (χ3n) is 7.13. The highest BCUT2D eigenvalue weighted by Crippen LogP contribution is 2.39. The standard InChI is InChI=1S/C31H42O7/c1-22(2)37-30(34)15-9-4-3-8-13-25-26(28(33)21-27(25)32)19-18-24(17-16-23-11-6-5-7-12-23)38-31(35)29-14-10-20-36-29/h3,5-8,10-12,14,20,22,24-28,32-33H,4,9,13,15-19,21H2,1-2H3/b8-3-/t24-,25+,26+,27-,28+/m0/s1. The van der Waals surface area contributed by atoms with Crippen molar-refractivity contribution in [2.24, 2.45) is 11.8 Å². The van der Waals surface area contributed by atoms with Gasteiger partial charge in [-0.15, -0.1) is 0 Å². The van der Waals surface area contributed by atoms with Crippen molar-refractivity contribution < 1.29 is 33.7 Å². The monoisotopic (exact) mass is 526 g/mol. The number of allylic oxidation sites excluding steroid dienone is 2. The number of esters is 2. The minimum absolute atomic E-state index is 0.0669. The van der Waals surface area contributed by atoms with E-state index in [2.05, 4.69) is 12.1 Å². The summed E-state index contributed by atoms with van der Waals surface area (Å²) < 4.78 is 16.2. The summed E-state index contributed by atoms with van der Waals surface area (Å²) in [7, 11) is 0. The molecular formula is C31H42O7. The zero-order valence-corrected chi connectivity index (χ0v) is 22.5. The lowest BCUT2D eigenvalue weighted by Crippen LogP contribution is -2.25. The van der Waals surface area contributed by atoms with Gasteiger partial charge in [-0.3, -0.25) is 4.79 Å². The van der Waals surface area contributed by atoms with Crippen LogP contribution in [-0.2, 0) is 20.7 Å². The highest BCUT2D eigenvalue weighted by molar-refractivity contribution is 5.86. The molecule has 1 aromatic heterocycles. The van der Waals surface area contributed by atoms with Crippen LogP contribution < -0.4 is 0 Å². The first-order chi connectivity index (χ1) is 18.3. The number of carbonyl (C=O) groups excluding carboxylic acids is 2. The van der Waals surface area contributed by atoms with E-state index in [0.717, 1.165) is 12.8 Å². The van der Waals surface area contributed by atoms with Gasteiger partial charge in [0.1, 0.15) is 6.10 Å². The number of benzene rings is 1. The Kier molecular flexibility index (Phi) is 12.1. The van der Waals surface area contributed by atoms with Crippen molar-refractivity contribution in [1.29, 1.82) is 0 Å². The lowest BCUT2D eigenvalue weighted by molar-refractivity contribution is -0.147. The van der Waals surface area contributed by atoms with E-state index in [1.807, 2.05) is 44.2 Å². The van der Waals surface area contributed by atoms with Gasteiger partial charge in [0.2, 0.25) is 5.76 Å². The van der Waals surface area contributed by atoms with Crippen LogP contribution in [0.25, 0.3) is 0 Å². The van der Waals surface area contributed by atoms with E-state index in [1.165, 1.54) is 11.8 Å². The van der Waals surface area contributed by atoms with Crippen LogP contribution in [0.3, 0.4) is 0 Å². The Morgan fingerprint density at radius 3 is 2.47 bits per heavy atom. The fraction of sp³-hybridized carbons (Fsp3) is 0.548. The van der Waals surface area contributed by atoms with Gasteiger partial charge in [0.05, 0.1) is 24.6 Å². The molecule has 1 heterocycles. The number of furan rings is 1. The maximum atomic E-state index is 12.6. The van der Waals surface area contributed by atoms with Gasteiger partial charge in [-0.25, -0.2) is 4.79 Å². The summed E-state index contributed by atoms with van der Waals surface area (Å²) in [5, 5.41) is 21.3. The van der Waals surface area contributed by atoms with E-state index in [4.69, 9.17) is 13.9 Å². The SMILES string of the molecule is CC(C)OC(=O)CCC/C=C\C[C@@H]1[C@@H](CC[C@H](CCc2ccccc2)OC(=O)c2ccco2)[C@H](O)C[C@@H]1O. The van der Waals surface area contributed by atoms with E-state index >= 15 is 0 Å². The first kappa shape index (κ1) is 29.7. The fourth-order valence-corrected chi connectivity index (χ4v) is 5.18. The Bertz CT molecular complexity index is 983. The minimum atomic E-state index is -0.593. The molecule has 1 aromatic carbocycles. The van der Waals surface area contributed by atoms with E-state index < -0.39 is 18.2 Å². The van der Waals surface area contributed by atoms with Crippen molar-refractivity contribution in [1.82, 2.24) is 0 Å². The highest BCUT2D eigenvalue weighted by Gasteiger charge is 2.41. The number of aliphatic hydroxyl groups is 2. The molecule has 1 saturated carbocycles. The van der Waals surface area contributed by atoms with Crippen LogP contribution in [0.2, 0.25) is 0 Å². The molecule has 3 rings (SSSR count). The average molecular weight is 527 g/mol. The molecule has 1 aliphatic rings. The molecule has 1 aliphatic carbocycles. The van der Waals surface area contributed by atoms with Gasteiger partial charge in [-0.05, 0) is 94.7 Å². The summed E-state index contributed by atoms with van der Waals surface area (Å²) in [6.45, 7) is 3.67. The summed E-state index contributed by atoms with van der Waals surface area (Å²) in [5.41, 5.74) is 1.17. The summed E-state index contributed by atoms with van der Waals surface area (Å²) in [6, 6.07) is 13.3. The molecule has 0 aliphatic heterocycles. The molecule has 0 amide bonds. The maximum absolute atomic E-state index is 12.6. The Balaban J connectivity index is 1.53. The topological polar surface area (TPSA) is 106 Å². The van der Waals surface area contributed by atoms with E-state index in [9.17, 15) is 19.8 Å². The first-order valence-corrected chi connectivity index (χ1v) is 13.8. The van der Waals surface area contributed by atoms with Crippen LogP contribution in [0.15, 0.2) is 65.3 Å². The Labute approximate surface area is 225 Å². The van der Waals surface area contributed by atoms with Gasteiger partial charge in [-0.2, -0.15) is 0 Å². The van der Waals surface area contributed by atoms with E-state index in [1.54, 1.807) is 12.1 Å². The van der Waals surface area contributed by atoms with Gasteiger partial charge >= 0.3 is 11.9 Å². The van der Waals surface area contributed by atoms with Crippen molar-refractivity contribution in [2.45, 2.75) is 96.1 Å². The van der Waals surface area contributed by atoms with Crippen molar-refractivity contribution in [3.63, 3.8) is 0 Å². The summed E-state index contributed by atoms with van der Waals surface area (Å²) >= 11 is 0. The number of aryl methyl sites for hydroxylation is 1. The van der Waals surface area contributed by atoms with Gasteiger partial charge in [-0.1, -0.05) is 42.5 Å². The molecule has 38 heavy (non-hydrogen) atoms. The van der Waals surface area contributed by atoms with Crippen molar-refractivity contribution in [3.05, 3.63) is 72.2 Å². The zero-order chi connectivity index (χ0) is 27.3. The van der Waals surface area contributed by atoms with Gasteiger partial charge < -0.3 is 24.1 Å². The molecule has 7 heteroatoms. The highest BCUT2D eigenvalue weighted by atomic mass is 16.6. The number of hydrogen-bond donors (Lipinski definition) is 2. The number of hydrogen-bond acceptors (Lipinski definition) is 7. The van der Waals surface area contributed by atoms with Crippen LogP contribution in [0.4, 0.5) is 0 Å². The number of unbranched alkanes of at least 4 members (excludes halogenated alkanes) is 1. The van der Waals surface area contributed by atoms with Crippen molar-refractivity contribution >= 4 is 11.9 Å². The summed E-state index contributed by atoms with van der Waals surface area (Å²) in [4.78, 5) is 24.2. The third-order valence-corrected chi connectivity index (χ3v) is 7.13. The molecule has 0 spiro atoms. The summed E-state index contributed by atoms with van der Waals surface area (Å²) in [5.74, 6) is -0.652. The van der Waals surface area contributed by atoms with Crippen molar-refractivity contribution in [2.75, 3.05) is 0 Å². The largest absolute Gasteiger partial charge is 0.463 e. The molecule has 1 fully saturated rings. The molecule has 2 N–H and O–H groups in total. The molecule has 0 unspecified atom stereocenters. The lowest BCUT2D eigenvalue weighted by Gasteiger charge is -2.25. The summed E-state index contributed by atoms with van der Waals surface area (Å²) in [6.07, 6.45) is 9.43. The molecule has 5 atom stereocenters. The second kappa shape index (κ2) is 15.5. The Hall–Kier alpha value is -2.90. The van der Waals surface area contributed by atoms with Crippen LogP contribution >= 0.6 is 0 Å². The molecule has 2 aromatic rings. The lowest BCUT2D eigenvalue weighted by atomic mass is 9.85. The molecule has 0 saturated heterocycles. The van der Waals surface area contributed by atoms with Gasteiger partial charge in [0.25, 0.3) is 0 Å². The second-order valence-corrected chi connectivity index (χ2v) is 10.4.